The van der Waals surface area contributed by atoms with Gasteiger partial charge < -0.3 is 10.4 Å². The molecule has 118 valence electrons. The molecule has 2 unspecified atom stereocenters. The highest BCUT2D eigenvalue weighted by atomic mass is 32.2. The average molecular weight is 315 g/mol. The Balaban J connectivity index is 2.61. The van der Waals surface area contributed by atoms with Crippen molar-refractivity contribution >= 4 is 22.7 Å². The SMILES string of the molecule is CCC(C)n1ccc(CS(=O)C[C@H](NC(C)=O)C(=O)O)n1. The molecule has 0 spiro atoms. The van der Waals surface area contributed by atoms with Gasteiger partial charge in [-0.15, -0.1) is 0 Å². The molecule has 1 rings (SSSR count). The number of rotatable bonds is 8. The number of aromatic nitrogens is 2. The lowest BCUT2D eigenvalue weighted by Crippen LogP contribution is -2.43. The number of nitrogens with zero attached hydrogens (tertiary/aromatic N) is 2. The largest absolute Gasteiger partial charge is 0.480 e. The van der Waals surface area contributed by atoms with Crippen LogP contribution in [0.1, 0.15) is 38.9 Å². The van der Waals surface area contributed by atoms with Crippen molar-refractivity contribution in [2.45, 2.75) is 45.0 Å². The van der Waals surface area contributed by atoms with E-state index in [1.54, 1.807) is 10.7 Å². The minimum atomic E-state index is -1.41. The van der Waals surface area contributed by atoms with Gasteiger partial charge in [-0.05, 0) is 19.4 Å². The van der Waals surface area contributed by atoms with Crippen LogP contribution in [0.3, 0.4) is 0 Å². The summed E-state index contributed by atoms with van der Waals surface area (Å²) >= 11 is 0. The van der Waals surface area contributed by atoms with E-state index in [4.69, 9.17) is 5.11 Å². The Bertz CT molecular complexity index is 529. The van der Waals surface area contributed by atoms with Gasteiger partial charge in [0.05, 0.1) is 17.2 Å². The number of carbonyl (C=O) groups is 2. The van der Waals surface area contributed by atoms with Crippen LogP contribution in [-0.4, -0.2) is 42.8 Å². The second-order valence-electron chi connectivity index (χ2n) is 4.89. The van der Waals surface area contributed by atoms with E-state index in [-0.39, 0.29) is 17.5 Å². The van der Waals surface area contributed by atoms with Gasteiger partial charge in [0.2, 0.25) is 5.91 Å². The molecule has 0 aliphatic rings. The molecule has 2 N–H and O–H groups in total. The van der Waals surface area contributed by atoms with E-state index in [0.29, 0.717) is 5.69 Å². The summed E-state index contributed by atoms with van der Waals surface area (Å²) in [6.07, 6.45) is 2.76. The Kier molecular flexibility index (Phi) is 6.54. The first-order valence-corrected chi connectivity index (χ1v) is 8.21. The summed E-state index contributed by atoms with van der Waals surface area (Å²) in [5, 5.41) is 15.6. The zero-order valence-electron chi connectivity index (χ0n) is 12.4. The summed E-state index contributed by atoms with van der Waals surface area (Å²) in [6.45, 7) is 5.31. The minimum Gasteiger partial charge on any atom is -0.480 e. The Hall–Kier alpha value is -1.70. The molecule has 0 radical (unpaired) electrons. The molecule has 7 nitrogen and oxygen atoms in total. The third-order valence-corrected chi connectivity index (χ3v) is 4.37. The topological polar surface area (TPSA) is 101 Å². The predicted molar refractivity (Wildman–Crippen MR) is 79.2 cm³/mol. The smallest absolute Gasteiger partial charge is 0.327 e. The lowest BCUT2D eigenvalue weighted by molar-refractivity contribution is -0.140. The number of aliphatic carboxylic acids is 1. The van der Waals surface area contributed by atoms with Crippen LogP contribution in [0.2, 0.25) is 0 Å². The van der Waals surface area contributed by atoms with Crippen LogP contribution >= 0.6 is 0 Å². The van der Waals surface area contributed by atoms with Gasteiger partial charge in [-0.25, -0.2) is 4.79 Å². The van der Waals surface area contributed by atoms with Crippen molar-refractivity contribution in [3.8, 4) is 0 Å². The zero-order valence-corrected chi connectivity index (χ0v) is 13.2. The van der Waals surface area contributed by atoms with E-state index in [9.17, 15) is 13.8 Å². The third kappa shape index (κ3) is 5.66. The molecule has 21 heavy (non-hydrogen) atoms. The van der Waals surface area contributed by atoms with Crippen LogP contribution in [0, 0.1) is 0 Å². The Morgan fingerprint density at radius 3 is 2.71 bits per heavy atom. The maximum absolute atomic E-state index is 12.0. The monoisotopic (exact) mass is 315 g/mol. The van der Waals surface area contributed by atoms with Crippen molar-refractivity contribution in [3.63, 3.8) is 0 Å². The van der Waals surface area contributed by atoms with Crippen molar-refractivity contribution in [1.82, 2.24) is 15.1 Å². The van der Waals surface area contributed by atoms with Crippen LogP contribution < -0.4 is 5.32 Å². The van der Waals surface area contributed by atoms with Crippen molar-refractivity contribution in [2.24, 2.45) is 0 Å². The molecule has 1 aromatic rings. The van der Waals surface area contributed by atoms with Gasteiger partial charge in [0.1, 0.15) is 6.04 Å². The fourth-order valence-corrected chi connectivity index (χ4v) is 2.92. The highest BCUT2D eigenvalue weighted by Crippen LogP contribution is 2.10. The molecule has 0 bridgehead atoms. The standard InChI is InChI=1S/C13H21N3O4S/c1-4-9(2)16-6-5-11(15-16)7-21(20)8-12(13(18)19)14-10(3)17/h5-6,9,12H,4,7-8H2,1-3H3,(H,14,17)(H,18,19)/t9?,12-,21?/m0/s1. The second kappa shape index (κ2) is 7.92. The third-order valence-electron chi connectivity index (χ3n) is 3.04. The van der Waals surface area contributed by atoms with Gasteiger partial charge in [0.25, 0.3) is 0 Å². The molecule has 3 atom stereocenters. The van der Waals surface area contributed by atoms with E-state index in [1.807, 2.05) is 13.1 Å². The van der Waals surface area contributed by atoms with Gasteiger partial charge >= 0.3 is 5.97 Å². The van der Waals surface area contributed by atoms with Gasteiger partial charge in [-0.1, -0.05) is 6.92 Å². The molecular weight excluding hydrogens is 294 g/mol. The van der Waals surface area contributed by atoms with Gasteiger partial charge in [-0.3, -0.25) is 13.7 Å². The van der Waals surface area contributed by atoms with Gasteiger partial charge in [0.15, 0.2) is 0 Å². The summed E-state index contributed by atoms with van der Waals surface area (Å²) in [6, 6.07) is 0.899. The quantitative estimate of drug-likeness (QED) is 0.735. The fourth-order valence-electron chi connectivity index (χ4n) is 1.72. The van der Waals surface area contributed by atoms with Crippen molar-refractivity contribution in [2.75, 3.05) is 5.75 Å². The number of nitrogens with one attached hydrogen (secondary N) is 1. The molecule has 1 amide bonds. The molecule has 0 aromatic carbocycles. The normalized spacial score (nSPS) is 15.2. The van der Waals surface area contributed by atoms with Crippen LogP contribution in [-0.2, 0) is 26.1 Å². The molecule has 0 saturated heterocycles. The average Bonchev–Trinajstić information content (AvgIpc) is 2.84. The summed E-state index contributed by atoms with van der Waals surface area (Å²) < 4.78 is 13.8. The summed E-state index contributed by atoms with van der Waals surface area (Å²) in [7, 11) is -1.41. The maximum atomic E-state index is 12.0. The van der Waals surface area contributed by atoms with Gasteiger partial charge in [0, 0.05) is 30.0 Å². The molecule has 0 fully saturated rings. The van der Waals surface area contributed by atoms with Crippen LogP contribution in [0.4, 0.5) is 0 Å². The number of amides is 1. The van der Waals surface area contributed by atoms with E-state index >= 15 is 0 Å². The van der Waals surface area contributed by atoms with Crippen molar-refractivity contribution < 1.29 is 18.9 Å². The Morgan fingerprint density at radius 2 is 2.19 bits per heavy atom. The molecule has 1 aromatic heterocycles. The second-order valence-corrected chi connectivity index (χ2v) is 6.39. The van der Waals surface area contributed by atoms with E-state index in [1.165, 1.54) is 6.92 Å². The van der Waals surface area contributed by atoms with Crippen molar-refractivity contribution in [3.05, 3.63) is 18.0 Å². The molecule has 1 heterocycles. The van der Waals surface area contributed by atoms with Gasteiger partial charge in [-0.2, -0.15) is 5.10 Å². The number of hydrogen-bond donors (Lipinski definition) is 2. The predicted octanol–water partition coefficient (Wildman–Crippen LogP) is 0.692. The highest BCUT2D eigenvalue weighted by molar-refractivity contribution is 7.84. The highest BCUT2D eigenvalue weighted by Gasteiger charge is 2.21. The first-order valence-electron chi connectivity index (χ1n) is 6.72. The molecule has 8 heteroatoms. The number of hydrogen-bond acceptors (Lipinski definition) is 4. The Morgan fingerprint density at radius 1 is 1.52 bits per heavy atom. The van der Waals surface area contributed by atoms with E-state index in [0.717, 1.165) is 6.42 Å². The van der Waals surface area contributed by atoms with E-state index < -0.39 is 28.7 Å². The maximum Gasteiger partial charge on any atom is 0.327 e. The zero-order chi connectivity index (χ0) is 16.0. The Labute approximate surface area is 126 Å². The summed E-state index contributed by atoms with van der Waals surface area (Å²) in [4.78, 5) is 21.9. The molecular formula is C13H21N3O4S. The number of carboxylic acids is 1. The van der Waals surface area contributed by atoms with Crippen molar-refractivity contribution in [1.29, 1.82) is 0 Å². The summed E-state index contributed by atoms with van der Waals surface area (Å²) in [5.74, 6) is -1.61. The lowest BCUT2D eigenvalue weighted by Gasteiger charge is -2.12. The van der Waals surface area contributed by atoms with E-state index in [2.05, 4.69) is 17.3 Å². The first-order chi connectivity index (χ1) is 9.83. The number of carboxylic acid groups (broad SMARTS) is 1. The van der Waals surface area contributed by atoms with Crippen LogP contribution in [0.15, 0.2) is 12.3 Å². The first kappa shape index (κ1) is 17.4. The fraction of sp³-hybridized carbons (Fsp3) is 0.615. The minimum absolute atomic E-state index is 0.134. The molecule has 0 aliphatic heterocycles. The number of carbonyl (C=O) groups excluding carboxylic acids is 1. The van der Waals surface area contributed by atoms with Crippen LogP contribution in [0.25, 0.3) is 0 Å². The lowest BCUT2D eigenvalue weighted by atomic mass is 10.3. The van der Waals surface area contributed by atoms with Crippen LogP contribution in [0.5, 0.6) is 0 Å². The summed E-state index contributed by atoms with van der Waals surface area (Å²) in [5.41, 5.74) is 0.653. The molecule has 0 aliphatic carbocycles. The molecule has 0 saturated carbocycles.